The number of rotatable bonds is 5. The lowest BCUT2D eigenvalue weighted by atomic mass is 9.65. The van der Waals surface area contributed by atoms with E-state index in [0.29, 0.717) is 6.61 Å². The summed E-state index contributed by atoms with van der Waals surface area (Å²) >= 11 is 1.56. The zero-order valence-electron chi connectivity index (χ0n) is 13.5. The van der Waals surface area contributed by atoms with Crippen LogP contribution >= 0.6 is 11.3 Å². The highest BCUT2D eigenvalue weighted by Gasteiger charge is 2.51. The molecule has 0 aliphatic heterocycles. The summed E-state index contributed by atoms with van der Waals surface area (Å²) < 4.78 is 5.57. The van der Waals surface area contributed by atoms with Gasteiger partial charge in [-0.25, -0.2) is 4.98 Å². The molecule has 0 radical (unpaired) electrons. The van der Waals surface area contributed by atoms with Gasteiger partial charge in [-0.1, -0.05) is 49.6 Å². The van der Waals surface area contributed by atoms with E-state index in [4.69, 9.17) is 4.74 Å². The molecule has 1 aliphatic carbocycles. The third-order valence-electron chi connectivity index (χ3n) is 4.81. The van der Waals surface area contributed by atoms with Gasteiger partial charge in [0.15, 0.2) is 0 Å². The summed E-state index contributed by atoms with van der Waals surface area (Å²) in [4.78, 5) is 17.8. The van der Waals surface area contributed by atoms with E-state index in [1.807, 2.05) is 42.6 Å². The summed E-state index contributed by atoms with van der Waals surface area (Å²) in [6.07, 6.45) is 7.48. The predicted octanol–water partition coefficient (Wildman–Crippen LogP) is 4.57. The highest BCUT2D eigenvalue weighted by molar-refractivity contribution is 7.09. The van der Waals surface area contributed by atoms with Crippen molar-refractivity contribution in [1.29, 1.82) is 0 Å². The van der Waals surface area contributed by atoms with Crippen molar-refractivity contribution in [1.82, 2.24) is 4.98 Å². The fourth-order valence-corrected chi connectivity index (χ4v) is 4.73. The maximum Gasteiger partial charge on any atom is 0.323 e. The van der Waals surface area contributed by atoms with Crippen molar-refractivity contribution in [3.63, 3.8) is 0 Å². The van der Waals surface area contributed by atoms with Crippen LogP contribution in [0.2, 0.25) is 0 Å². The Hall–Kier alpha value is -1.68. The maximum atomic E-state index is 13.2. The molecular formula is C19H23NO2S. The quantitative estimate of drug-likeness (QED) is 0.754. The van der Waals surface area contributed by atoms with E-state index in [1.165, 1.54) is 19.3 Å². The average Bonchev–Trinajstić information content (AvgIpc) is 3.13. The number of aromatic nitrogens is 1. The number of hydrogen-bond donors (Lipinski definition) is 0. The highest BCUT2D eigenvalue weighted by Crippen LogP contribution is 2.47. The summed E-state index contributed by atoms with van der Waals surface area (Å²) in [5.41, 5.74) is 0.256. The van der Waals surface area contributed by atoms with Gasteiger partial charge in [0.2, 0.25) is 0 Å². The Kier molecular flexibility index (Phi) is 5.11. The van der Waals surface area contributed by atoms with Gasteiger partial charge < -0.3 is 4.74 Å². The van der Waals surface area contributed by atoms with Crippen molar-refractivity contribution < 1.29 is 9.53 Å². The van der Waals surface area contributed by atoms with E-state index in [0.717, 1.165) is 23.4 Å². The number of ether oxygens (including phenoxy) is 1. The monoisotopic (exact) mass is 329 g/mol. The van der Waals surface area contributed by atoms with Crippen molar-refractivity contribution >= 4 is 17.3 Å². The van der Waals surface area contributed by atoms with E-state index in [1.54, 1.807) is 17.5 Å². The van der Waals surface area contributed by atoms with Crippen molar-refractivity contribution in [3.8, 4) is 0 Å². The van der Waals surface area contributed by atoms with Gasteiger partial charge in [-0.05, 0) is 31.2 Å². The van der Waals surface area contributed by atoms with Crippen LogP contribution in [0.15, 0.2) is 41.9 Å². The molecule has 1 aliphatic rings. The first kappa shape index (κ1) is 16.2. The fraction of sp³-hybridized carbons (Fsp3) is 0.474. The van der Waals surface area contributed by atoms with Crippen LogP contribution in [0.25, 0.3) is 0 Å². The minimum Gasteiger partial charge on any atom is -0.465 e. The predicted molar refractivity (Wildman–Crippen MR) is 92.5 cm³/mol. The molecule has 23 heavy (non-hydrogen) atoms. The summed E-state index contributed by atoms with van der Waals surface area (Å²) in [5, 5.41) is 2.82. The third kappa shape index (κ3) is 2.92. The SMILES string of the molecule is CCOC(=O)C(c1ccccc1)(c1nccs1)C1CCCCC1. The Morgan fingerprint density at radius 2 is 2.00 bits per heavy atom. The normalized spacial score (nSPS) is 18.3. The van der Waals surface area contributed by atoms with E-state index in [9.17, 15) is 4.79 Å². The Morgan fingerprint density at radius 3 is 2.61 bits per heavy atom. The van der Waals surface area contributed by atoms with Crippen molar-refractivity contribution in [3.05, 3.63) is 52.5 Å². The van der Waals surface area contributed by atoms with Gasteiger partial charge in [-0.3, -0.25) is 4.79 Å². The first-order valence-electron chi connectivity index (χ1n) is 8.42. The minimum atomic E-state index is -0.758. The molecule has 1 aromatic heterocycles. The standard InChI is InChI=1S/C19H23NO2S/c1-2-22-18(21)19(17-20-13-14-23-17,15-9-5-3-6-10-15)16-11-7-4-8-12-16/h3,5-6,9-10,13-14,16H,2,4,7-8,11-12H2,1H3. The second-order valence-corrected chi connectivity index (χ2v) is 6.96. The van der Waals surface area contributed by atoms with E-state index in [2.05, 4.69) is 4.98 Å². The lowest BCUT2D eigenvalue weighted by Gasteiger charge is -2.39. The molecule has 1 atom stereocenters. The zero-order valence-corrected chi connectivity index (χ0v) is 14.3. The average molecular weight is 329 g/mol. The zero-order chi connectivity index (χ0) is 16.1. The molecule has 0 spiro atoms. The number of benzene rings is 1. The molecule has 0 N–H and O–H groups in total. The number of hydrogen-bond acceptors (Lipinski definition) is 4. The Balaban J connectivity index is 2.18. The number of carbonyl (C=O) groups excluding carboxylic acids is 1. The maximum absolute atomic E-state index is 13.2. The van der Waals surface area contributed by atoms with Crippen LogP contribution in [0.5, 0.6) is 0 Å². The molecular weight excluding hydrogens is 306 g/mol. The van der Waals surface area contributed by atoms with Gasteiger partial charge in [-0.15, -0.1) is 11.3 Å². The van der Waals surface area contributed by atoms with Crippen LogP contribution in [-0.2, 0) is 14.9 Å². The fourth-order valence-electron chi connectivity index (χ4n) is 3.81. The summed E-state index contributed by atoms with van der Waals surface area (Å²) in [5.74, 6) is 0.108. The summed E-state index contributed by atoms with van der Waals surface area (Å²) in [7, 11) is 0. The number of esters is 1. The lowest BCUT2D eigenvalue weighted by Crippen LogP contribution is -2.46. The Morgan fingerprint density at radius 1 is 1.26 bits per heavy atom. The van der Waals surface area contributed by atoms with Crippen LogP contribution in [0.4, 0.5) is 0 Å². The van der Waals surface area contributed by atoms with E-state index in [-0.39, 0.29) is 11.9 Å². The lowest BCUT2D eigenvalue weighted by molar-refractivity contribution is -0.151. The van der Waals surface area contributed by atoms with Crippen molar-refractivity contribution in [2.45, 2.75) is 44.4 Å². The van der Waals surface area contributed by atoms with Crippen LogP contribution in [0, 0.1) is 5.92 Å². The summed E-state index contributed by atoms with van der Waals surface area (Å²) in [6.45, 7) is 2.27. The molecule has 0 bridgehead atoms. The van der Waals surface area contributed by atoms with E-state index >= 15 is 0 Å². The largest absolute Gasteiger partial charge is 0.465 e. The number of nitrogens with zero attached hydrogens (tertiary/aromatic N) is 1. The molecule has 3 rings (SSSR count). The minimum absolute atomic E-state index is 0.145. The molecule has 1 saturated carbocycles. The molecule has 122 valence electrons. The van der Waals surface area contributed by atoms with Crippen LogP contribution < -0.4 is 0 Å². The second kappa shape index (κ2) is 7.26. The van der Waals surface area contributed by atoms with Crippen LogP contribution in [-0.4, -0.2) is 17.6 Å². The van der Waals surface area contributed by atoms with Gasteiger partial charge in [0.25, 0.3) is 0 Å². The van der Waals surface area contributed by atoms with Gasteiger partial charge in [-0.2, -0.15) is 0 Å². The van der Waals surface area contributed by atoms with Gasteiger partial charge in [0.1, 0.15) is 10.4 Å². The Bertz CT molecular complexity index is 620. The molecule has 1 heterocycles. The van der Waals surface area contributed by atoms with Crippen molar-refractivity contribution in [2.24, 2.45) is 5.92 Å². The topological polar surface area (TPSA) is 39.2 Å². The molecule has 0 amide bonds. The third-order valence-corrected chi connectivity index (χ3v) is 5.72. The smallest absolute Gasteiger partial charge is 0.323 e. The molecule has 0 saturated heterocycles. The second-order valence-electron chi connectivity index (χ2n) is 6.07. The molecule has 1 fully saturated rings. The first-order valence-corrected chi connectivity index (χ1v) is 9.30. The molecule has 2 aromatic rings. The molecule has 4 heteroatoms. The summed E-state index contributed by atoms with van der Waals surface area (Å²) in [6, 6.07) is 10.1. The Labute approximate surface area is 141 Å². The van der Waals surface area contributed by atoms with E-state index < -0.39 is 5.41 Å². The van der Waals surface area contributed by atoms with Crippen LogP contribution in [0.3, 0.4) is 0 Å². The number of thiazole rings is 1. The van der Waals surface area contributed by atoms with Crippen molar-refractivity contribution in [2.75, 3.05) is 6.61 Å². The highest BCUT2D eigenvalue weighted by atomic mass is 32.1. The first-order chi connectivity index (χ1) is 11.3. The van der Waals surface area contributed by atoms with Gasteiger partial charge in [0, 0.05) is 11.6 Å². The molecule has 3 nitrogen and oxygen atoms in total. The van der Waals surface area contributed by atoms with Gasteiger partial charge in [0.05, 0.1) is 6.61 Å². The van der Waals surface area contributed by atoms with Gasteiger partial charge >= 0.3 is 5.97 Å². The molecule has 1 aromatic carbocycles. The molecule has 1 unspecified atom stereocenters. The van der Waals surface area contributed by atoms with Crippen LogP contribution in [0.1, 0.15) is 49.6 Å². The number of carbonyl (C=O) groups is 1.